The van der Waals surface area contributed by atoms with Gasteiger partial charge in [0.25, 0.3) is 5.91 Å². The maximum atomic E-state index is 13.8. The molecule has 0 aromatic heterocycles. The first-order valence-corrected chi connectivity index (χ1v) is 10.9. The molecule has 31 heavy (non-hydrogen) atoms. The second kappa shape index (κ2) is 9.53. The molecule has 1 saturated heterocycles. The van der Waals surface area contributed by atoms with E-state index in [0.717, 1.165) is 36.9 Å². The molecule has 2 heterocycles. The molecule has 6 nitrogen and oxygen atoms in total. The number of methoxy groups -OCH3 is 1. The maximum absolute atomic E-state index is 13.8. The lowest BCUT2D eigenvalue weighted by atomic mass is 10.2. The second-order valence-corrected chi connectivity index (χ2v) is 8.40. The molecule has 0 saturated carbocycles. The van der Waals surface area contributed by atoms with Crippen molar-refractivity contribution in [2.45, 2.75) is 6.61 Å². The molecule has 0 radical (unpaired) electrons. The van der Waals surface area contributed by atoms with Gasteiger partial charge >= 0.3 is 0 Å². The van der Waals surface area contributed by atoms with Crippen molar-refractivity contribution in [1.29, 1.82) is 0 Å². The Bertz CT molecular complexity index is 1030. The third-order valence-electron chi connectivity index (χ3n) is 5.21. The molecule has 4 rings (SSSR count). The summed E-state index contributed by atoms with van der Waals surface area (Å²) in [4.78, 5) is 21.6. The molecule has 0 N–H and O–H groups in total. The standard InChI is InChI=1S/C23H24FN3O3S/c1-26-9-11-27(12-10-26)23-25-22(28)21(31-23)14-16-7-8-19(20(13-16)29-2)30-15-17-5-3-4-6-18(17)24/h3-8,13-14H,9-12,15H2,1-2H3/b21-14-. The van der Waals surface area contributed by atoms with Crippen LogP contribution in [-0.4, -0.2) is 61.2 Å². The van der Waals surface area contributed by atoms with Crippen molar-refractivity contribution in [1.82, 2.24) is 9.80 Å². The highest BCUT2D eigenvalue weighted by Gasteiger charge is 2.27. The van der Waals surface area contributed by atoms with Crippen molar-refractivity contribution in [2.24, 2.45) is 4.99 Å². The minimum atomic E-state index is -0.309. The maximum Gasteiger partial charge on any atom is 0.286 e. The lowest BCUT2D eigenvalue weighted by Crippen LogP contribution is -2.46. The van der Waals surface area contributed by atoms with Crippen LogP contribution in [0.25, 0.3) is 6.08 Å². The van der Waals surface area contributed by atoms with Crippen LogP contribution in [-0.2, 0) is 11.4 Å². The zero-order valence-corrected chi connectivity index (χ0v) is 18.3. The summed E-state index contributed by atoms with van der Waals surface area (Å²) in [5.41, 5.74) is 1.28. The minimum Gasteiger partial charge on any atom is -0.493 e. The third kappa shape index (κ3) is 5.08. The van der Waals surface area contributed by atoms with Crippen LogP contribution >= 0.6 is 11.8 Å². The molecule has 8 heteroatoms. The smallest absolute Gasteiger partial charge is 0.286 e. The average Bonchev–Trinajstić information content (AvgIpc) is 3.14. The number of carbonyl (C=O) groups excluding carboxylic acids is 1. The van der Waals surface area contributed by atoms with Crippen molar-refractivity contribution in [2.75, 3.05) is 40.3 Å². The number of hydrogen-bond acceptors (Lipinski definition) is 6. The van der Waals surface area contributed by atoms with Crippen LogP contribution in [0.5, 0.6) is 11.5 Å². The monoisotopic (exact) mass is 441 g/mol. The number of thioether (sulfide) groups is 1. The molecular weight excluding hydrogens is 417 g/mol. The molecular formula is C23H24FN3O3S. The van der Waals surface area contributed by atoms with E-state index in [1.807, 2.05) is 12.1 Å². The summed E-state index contributed by atoms with van der Waals surface area (Å²) in [5, 5.41) is 0.765. The fourth-order valence-corrected chi connectivity index (χ4v) is 4.31. The first-order chi connectivity index (χ1) is 15.0. The van der Waals surface area contributed by atoms with E-state index >= 15 is 0 Å². The topological polar surface area (TPSA) is 54.4 Å². The summed E-state index contributed by atoms with van der Waals surface area (Å²) in [5.74, 6) is 0.488. The van der Waals surface area contributed by atoms with Crippen LogP contribution in [0, 0.1) is 5.82 Å². The molecule has 0 unspecified atom stereocenters. The Morgan fingerprint density at radius 2 is 1.90 bits per heavy atom. The number of hydrogen-bond donors (Lipinski definition) is 0. The van der Waals surface area contributed by atoms with E-state index in [1.54, 1.807) is 37.4 Å². The predicted molar refractivity (Wildman–Crippen MR) is 121 cm³/mol. The fourth-order valence-electron chi connectivity index (χ4n) is 3.35. The summed E-state index contributed by atoms with van der Waals surface area (Å²) in [6.45, 7) is 3.74. The first-order valence-electron chi connectivity index (χ1n) is 10.0. The van der Waals surface area contributed by atoms with Gasteiger partial charge in [0.2, 0.25) is 0 Å². The Morgan fingerprint density at radius 1 is 1.13 bits per heavy atom. The van der Waals surface area contributed by atoms with Crippen LogP contribution in [0.3, 0.4) is 0 Å². The third-order valence-corrected chi connectivity index (χ3v) is 6.25. The molecule has 2 aliphatic heterocycles. The highest BCUT2D eigenvalue weighted by atomic mass is 32.2. The molecule has 162 valence electrons. The van der Waals surface area contributed by atoms with E-state index in [-0.39, 0.29) is 18.3 Å². The number of aliphatic imine (C=N–C) groups is 1. The quantitative estimate of drug-likeness (QED) is 0.661. The molecule has 0 atom stereocenters. The van der Waals surface area contributed by atoms with Crippen molar-refractivity contribution < 1.29 is 18.7 Å². The van der Waals surface area contributed by atoms with Crippen molar-refractivity contribution in [3.8, 4) is 11.5 Å². The highest BCUT2D eigenvalue weighted by Crippen LogP contribution is 2.34. The first kappa shape index (κ1) is 21.4. The van der Waals surface area contributed by atoms with Gasteiger partial charge in [0.1, 0.15) is 12.4 Å². The van der Waals surface area contributed by atoms with Gasteiger partial charge in [-0.2, -0.15) is 4.99 Å². The Hall–Kier alpha value is -2.84. The average molecular weight is 442 g/mol. The second-order valence-electron chi connectivity index (χ2n) is 7.39. The number of amides is 1. The zero-order chi connectivity index (χ0) is 21.8. The Balaban J connectivity index is 1.45. The number of nitrogens with zero attached hydrogens (tertiary/aromatic N) is 3. The molecule has 0 bridgehead atoms. The van der Waals surface area contributed by atoms with Crippen LogP contribution in [0.4, 0.5) is 4.39 Å². The van der Waals surface area contributed by atoms with Gasteiger partial charge in [-0.3, -0.25) is 4.79 Å². The van der Waals surface area contributed by atoms with E-state index in [1.165, 1.54) is 17.8 Å². The van der Waals surface area contributed by atoms with E-state index in [9.17, 15) is 9.18 Å². The number of ether oxygens (including phenoxy) is 2. The predicted octanol–water partition coefficient (Wildman–Crippen LogP) is 3.63. The van der Waals surface area contributed by atoms with Crippen LogP contribution in [0.1, 0.15) is 11.1 Å². The number of carbonyl (C=O) groups is 1. The zero-order valence-electron chi connectivity index (χ0n) is 17.5. The summed E-state index contributed by atoms with van der Waals surface area (Å²) in [7, 11) is 3.64. The van der Waals surface area contributed by atoms with Crippen LogP contribution < -0.4 is 9.47 Å². The minimum absolute atomic E-state index is 0.0973. The van der Waals surface area contributed by atoms with Crippen LogP contribution in [0.2, 0.25) is 0 Å². The molecule has 1 amide bonds. The summed E-state index contributed by atoms with van der Waals surface area (Å²) >= 11 is 1.40. The normalized spacial score (nSPS) is 18.4. The molecule has 2 aromatic rings. The van der Waals surface area contributed by atoms with E-state index < -0.39 is 0 Å². The molecule has 0 aliphatic carbocycles. The lowest BCUT2D eigenvalue weighted by molar-refractivity contribution is -0.113. The van der Waals surface area contributed by atoms with Gasteiger partial charge in [-0.05, 0) is 48.6 Å². The number of likely N-dealkylation sites (N-methyl/N-ethyl adjacent to an activating group) is 1. The highest BCUT2D eigenvalue weighted by molar-refractivity contribution is 8.18. The Morgan fingerprint density at radius 3 is 2.65 bits per heavy atom. The van der Waals surface area contributed by atoms with Crippen molar-refractivity contribution >= 4 is 28.9 Å². The number of halogens is 1. The largest absolute Gasteiger partial charge is 0.493 e. The molecule has 2 aliphatic rings. The van der Waals surface area contributed by atoms with Crippen LogP contribution in [0.15, 0.2) is 52.4 Å². The molecule has 2 aromatic carbocycles. The van der Waals surface area contributed by atoms with E-state index in [0.29, 0.717) is 22.0 Å². The SMILES string of the molecule is COc1cc(/C=C2\SC(N3CCN(C)CC3)=NC2=O)ccc1OCc1ccccc1F. The number of rotatable bonds is 5. The number of benzene rings is 2. The Labute approximate surface area is 185 Å². The number of amidine groups is 1. The number of piperazine rings is 1. The van der Waals surface area contributed by atoms with Crippen molar-refractivity contribution in [3.05, 3.63) is 64.3 Å². The summed E-state index contributed by atoms with van der Waals surface area (Å²) in [6.07, 6.45) is 1.81. The van der Waals surface area contributed by atoms with Gasteiger partial charge in [-0.15, -0.1) is 0 Å². The fraction of sp³-hybridized carbons (Fsp3) is 0.304. The van der Waals surface area contributed by atoms with Gasteiger partial charge in [0.05, 0.1) is 12.0 Å². The summed E-state index contributed by atoms with van der Waals surface area (Å²) in [6, 6.07) is 11.9. The Kier molecular flexibility index (Phi) is 6.58. The van der Waals surface area contributed by atoms with Crippen molar-refractivity contribution in [3.63, 3.8) is 0 Å². The lowest BCUT2D eigenvalue weighted by Gasteiger charge is -2.32. The van der Waals surface area contributed by atoms with E-state index in [2.05, 4.69) is 21.8 Å². The van der Waals surface area contributed by atoms with Gasteiger partial charge < -0.3 is 19.3 Å². The van der Waals surface area contributed by atoms with Gasteiger partial charge in [0, 0.05) is 31.7 Å². The molecule has 1 fully saturated rings. The van der Waals surface area contributed by atoms with Gasteiger partial charge in [0.15, 0.2) is 16.7 Å². The van der Waals surface area contributed by atoms with Gasteiger partial charge in [-0.1, -0.05) is 24.3 Å². The van der Waals surface area contributed by atoms with E-state index in [4.69, 9.17) is 9.47 Å². The van der Waals surface area contributed by atoms with Gasteiger partial charge in [-0.25, -0.2) is 4.39 Å². The molecule has 0 spiro atoms. The summed E-state index contributed by atoms with van der Waals surface area (Å²) < 4.78 is 25.0.